The molecule has 1 aromatic heterocycles. The molecule has 0 saturated carbocycles. The van der Waals surface area contributed by atoms with Gasteiger partial charge in [0.1, 0.15) is 22.5 Å². The number of carboxylic acid groups (broad SMARTS) is 3. The van der Waals surface area contributed by atoms with Crippen LogP contribution < -0.4 is 0 Å². The van der Waals surface area contributed by atoms with Crippen LogP contribution >= 0.6 is 11.6 Å². The van der Waals surface area contributed by atoms with Crippen LogP contribution in [0.1, 0.15) is 55.5 Å². The van der Waals surface area contributed by atoms with Crippen LogP contribution in [0.2, 0.25) is 5.02 Å². The smallest absolute Gasteiger partial charge is 0.356 e. The zero-order valence-electron chi connectivity index (χ0n) is 14.1. The first kappa shape index (κ1) is 20.0. The summed E-state index contributed by atoms with van der Waals surface area (Å²) >= 11 is 5.80. The van der Waals surface area contributed by atoms with Gasteiger partial charge in [0.25, 0.3) is 0 Å². The van der Waals surface area contributed by atoms with Gasteiger partial charge in [0.2, 0.25) is 0 Å². The van der Waals surface area contributed by atoms with E-state index in [-0.39, 0.29) is 5.69 Å². The molecular formula is C17H14ClNO8. The van der Waals surface area contributed by atoms with Crippen molar-refractivity contribution in [3.8, 4) is 5.69 Å². The molecule has 0 spiro atoms. The van der Waals surface area contributed by atoms with Crippen LogP contribution in [0.25, 0.3) is 5.69 Å². The predicted octanol–water partition coefficient (Wildman–Crippen LogP) is 2.79. The number of carbonyl (C=O) groups is 4. The van der Waals surface area contributed by atoms with Gasteiger partial charge in [0.15, 0.2) is 0 Å². The fourth-order valence-corrected chi connectivity index (χ4v) is 2.63. The molecule has 0 unspecified atom stereocenters. The Morgan fingerprint density at radius 1 is 0.889 bits per heavy atom. The van der Waals surface area contributed by atoms with E-state index in [1.807, 2.05) is 0 Å². The van der Waals surface area contributed by atoms with Crippen LogP contribution in [0.3, 0.4) is 0 Å². The van der Waals surface area contributed by atoms with Crippen LogP contribution in [0.5, 0.6) is 0 Å². The van der Waals surface area contributed by atoms with Crippen LogP contribution in [-0.2, 0) is 4.74 Å². The SMILES string of the molecule is CC(C)OC(=O)c1c(C(=O)O)c(C(=O)O)c(C(=O)O)n1-c1ccc(Cl)cc1. The summed E-state index contributed by atoms with van der Waals surface area (Å²) in [6, 6.07) is 5.39. The molecule has 27 heavy (non-hydrogen) atoms. The molecule has 0 radical (unpaired) electrons. The third-order valence-electron chi connectivity index (χ3n) is 3.42. The summed E-state index contributed by atoms with van der Waals surface area (Å²) in [4.78, 5) is 47.6. The standard InChI is InChI=1S/C17H14ClNO8/c1-7(2)27-17(26)13-11(15(22)23)10(14(20)21)12(16(24)25)19(13)9-5-3-8(18)4-6-9/h3-7H,1-2H3,(H,20,21)(H,22,23)(H,24,25). The lowest BCUT2D eigenvalue weighted by molar-refractivity contribution is 0.0361. The zero-order chi connectivity index (χ0) is 20.5. The maximum atomic E-state index is 12.5. The van der Waals surface area contributed by atoms with Crippen LogP contribution in [0.15, 0.2) is 24.3 Å². The fourth-order valence-electron chi connectivity index (χ4n) is 2.50. The van der Waals surface area contributed by atoms with Gasteiger partial charge >= 0.3 is 23.9 Å². The highest BCUT2D eigenvalue weighted by Crippen LogP contribution is 2.29. The van der Waals surface area contributed by atoms with Crippen molar-refractivity contribution in [2.24, 2.45) is 0 Å². The van der Waals surface area contributed by atoms with Crippen LogP contribution in [0.4, 0.5) is 0 Å². The predicted molar refractivity (Wildman–Crippen MR) is 92.2 cm³/mol. The van der Waals surface area contributed by atoms with Gasteiger partial charge in [-0.2, -0.15) is 0 Å². The number of esters is 1. The molecule has 9 nitrogen and oxygen atoms in total. The lowest BCUT2D eigenvalue weighted by Gasteiger charge is -2.13. The minimum Gasteiger partial charge on any atom is -0.478 e. The number of hydrogen-bond acceptors (Lipinski definition) is 5. The van der Waals surface area contributed by atoms with Gasteiger partial charge in [-0.05, 0) is 38.1 Å². The van der Waals surface area contributed by atoms with E-state index in [2.05, 4.69) is 0 Å². The second-order valence-corrected chi connectivity index (χ2v) is 6.06. The van der Waals surface area contributed by atoms with Crippen LogP contribution in [-0.4, -0.2) is 49.9 Å². The summed E-state index contributed by atoms with van der Waals surface area (Å²) in [6.45, 7) is 3.01. The highest BCUT2D eigenvalue weighted by molar-refractivity contribution is 6.30. The number of aromatic carboxylic acids is 3. The van der Waals surface area contributed by atoms with Crippen molar-refractivity contribution < 1.29 is 39.2 Å². The molecule has 0 fully saturated rings. The van der Waals surface area contributed by atoms with E-state index < -0.39 is 52.5 Å². The first-order valence-corrected chi connectivity index (χ1v) is 7.89. The van der Waals surface area contributed by atoms with E-state index in [0.717, 1.165) is 4.57 Å². The molecule has 0 aliphatic carbocycles. The summed E-state index contributed by atoms with van der Waals surface area (Å²) in [7, 11) is 0. The Bertz CT molecular complexity index is 943. The first-order chi connectivity index (χ1) is 12.6. The molecule has 0 saturated heterocycles. The number of ether oxygens (including phenoxy) is 1. The number of aromatic nitrogens is 1. The molecule has 0 aliphatic rings. The van der Waals surface area contributed by atoms with E-state index in [1.165, 1.54) is 38.1 Å². The Hall–Kier alpha value is -3.33. The number of benzene rings is 1. The average Bonchev–Trinajstić information content (AvgIpc) is 2.91. The molecule has 0 amide bonds. The molecule has 1 aromatic carbocycles. The summed E-state index contributed by atoms with van der Waals surface area (Å²) in [5, 5.41) is 28.8. The second-order valence-electron chi connectivity index (χ2n) is 5.63. The third kappa shape index (κ3) is 3.77. The Morgan fingerprint density at radius 3 is 1.78 bits per heavy atom. The quantitative estimate of drug-likeness (QED) is 0.633. The van der Waals surface area contributed by atoms with E-state index in [1.54, 1.807) is 0 Å². The van der Waals surface area contributed by atoms with E-state index in [9.17, 15) is 34.5 Å². The molecule has 0 aliphatic heterocycles. The third-order valence-corrected chi connectivity index (χ3v) is 3.67. The molecule has 10 heteroatoms. The number of carbonyl (C=O) groups excluding carboxylic acids is 1. The molecule has 0 bridgehead atoms. The van der Waals surface area contributed by atoms with E-state index >= 15 is 0 Å². The number of nitrogens with zero attached hydrogens (tertiary/aromatic N) is 1. The van der Waals surface area contributed by atoms with Crippen molar-refractivity contribution in [2.45, 2.75) is 20.0 Å². The lowest BCUT2D eigenvalue weighted by atomic mass is 10.1. The summed E-state index contributed by atoms with van der Waals surface area (Å²) in [5.41, 5.74) is -3.57. The molecule has 0 atom stereocenters. The highest BCUT2D eigenvalue weighted by Gasteiger charge is 2.38. The minimum atomic E-state index is -1.81. The van der Waals surface area contributed by atoms with Gasteiger partial charge < -0.3 is 20.1 Å². The number of carboxylic acids is 3. The van der Waals surface area contributed by atoms with Gasteiger partial charge in [-0.15, -0.1) is 0 Å². The Labute approximate surface area is 157 Å². The molecule has 1 heterocycles. The Balaban J connectivity index is 3.01. The van der Waals surface area contributed by atoms with Gasteiger partial charge in [-0.1, -0.05) is 11.6 Å². The lowest BCUT2D eigenvalue weighted by Crippen LogP contribution is -2.20. The van der Waals surface area contributed by atoms with Crippen molar-refractivity contribution in [1.82, 2.24) is 4.57 Å². The van der Waals surface area contributed by atoms with Gasteiger partial charge in [-0.25, -0.2) is 19.2 Å². The normalized spacial score (nSPS) is 10.7. The van der Waals surface area contributed by atoms with Crippen molar-refractivity contribution in [1.29, 1.82) is 0 Å². The fraction of sp³-hybridized carbons (Fsp3) is 0.176. The first-order valence-electron chi connectivity index (χ1n) is 7.51. The highest BCUT2D eigenvalue weighted by atomic mass is 35.5. The van der Waals surface area contributed by atoms with Gasteiger partial charge in [-0.3, -0.25) is 4.57 Å². The second kappa shape index (κ2) is 7.50. The monoisotopic (exact) mass is 395 g/mol. The number of hydrogen-bond donors (Lipinski definition) is 3. The average molecular weight is 396 g/mol. The van der Waals surface area contributed by atoms with Gasteiger partial charge in [0.05, 0.1) is 6.10 Å². The summed E-state index contributed by atoms with van der Waals surface area (Å²) < 4.78 is 5.74. The minimum absolute atomic E-state index is 0.0301. The van der Waals surface area contributed by atoms with Crippen molar-refractivity contribution in [3.05, 3.63) is 51.8 Å². The Kier molecular flexibility index (Phi) is 5.55. The van der Waals surface area contributed by atoms with Crippen molar-refractivity contribution in [3.63, 3.8) is 0 Å². The number of rotatable bonds is 6. The zero-order valence-corrected chi connectivity index (χ0v) is 14.9. The van der Waals surface area contributed by atoms with Crippen molar-refractivity contribution >= 4 is 35.5 Å². The molecule has 142 valence electrons. The van der Waals surface area contributed by atoms with Crippen molar-refractivity contribution in [2.75, 3.05) is 0 Å². The topological polar surface area (TPSA) is 143 Å². The number of halogens is 1. The molecule has 2 rings (SSSR count). The molecule has 3 N–H and O–H groups in total. The van der Waals surface area contributed by atoms with Crippen LogP contribution in [0, 0.1) is 0 Å². The summed E-state index contributed by atoms with van der Waals surface area (Å²) in [6.07, 6.45) is -0.658. The Morgan fingerprint density at radius 2 is 1.37 bits per heavy atom. The van der Waals surface area contributed by atoms with E-state index in [0.29, 0.717) is 5.02 Å². The largest absolute Gasteiger partial charge is 0.478 e. The molecule has 2 aromatic rings. The van der Waals surface area contributed by atoms with E-state index in [4.69, 9.17) is 16.3 Å². The summed E-state index contributed by atoms with van der Waals surface area (Å²) in [5.74, 6) is -6.49. The molecular weight excluding hydrogens is 382 g/mol. The maximum Gasteiger partial charge on any atom is 0.356 e. The van der Waals surface area contributed by atoms with Gasteiger partial charge in [0, 0.05) is 10.7 Å². The maximum absolute atomic E-state index is 12.5.